The van der Waals surface area contributed by atoms with Crippen molar-refractivity contribution in [2.24, 2.45) is 0 Å². The van der Waals surface area contributed by atoms with Crippen molar-refractivity contribution in [2.75, 3.05) is 49.2 Å². The Morgan fingerprint density at radius 2 is 2.19 bits per heavy atom. The van der Waals surface area contributed by atoms with E-state index in [0.29, 0.717) is 6.04 Å². The van der Waals surface area contributed by atoms with Crippen molar-refractivity contribution in [3.8, 4) is 0 Å². The number of nitrogens with one attached hydrogen (secondary N) is 2. The molecular formula is C14H24N6O. The van der Waals surface area contributed by atoms with Crippen molar-refractivity contribution in [1.82, 2.24) is 14.9 Å². The Kier molecular flexibility index (Phi) is 4.40. The standard InChI is InChI=1S/C14H24N6O/c1-2-16-12-6-13(19-14(15)18-12)17-7-11-8-20-5-3-4-10(20)9-21-11/h6,10-11H,2-5,7-9H2,1H3,(H4,15,16,17,18,19). The highest BCUT2D eigenvalue weighted by Gasteiger charge is 2.31. The van der Waals surface area contributed by atoms with Gasteiger partial charge in [0.1, 0.15) is 11.6 Å². The maximum absolute atomic E-state index is 5.93. The van der Waals surface area contributed by atoms with Gasteiger partial charge in [-0.2, -0.15) is 9.97 Å². The summed E-state index contributed by atoms with van der Waals surface area (Å²) in [7, 11) is 0. The Balaban J connectivity index is 1.55. The predicted octanol–water partition coefficient (Wildman–Crippen LogP) is 0.766. The zero-order chi connectivity index (χ0) is 14.7. The van der Waals surface area contributed by atoms with Gasteiger partial charge in [-0.1, -0.05) is 0 Å². The Labute approximate surface area is 125 Å². The Hall–Kier alpha value is -1.60. The number of hydrogen-bond donors (Lipinski definition) is 3. The van der Waals surface area contributed by atoms with Crippen molar-refractivity contribution in [1.29, 1.82) is 0 Å². The number of nitrogen functional groups attached to an aromatic ring is 1. The summed E-state index contributed by atoms with van der Waals surface area (Å²) in [5.74, 6) is 1.77. The van der Waals surface area contributed by atoms with Crippen LogP contribution in [0.2, 0.25) is 0 Å². The molecule has 4 N–H and O–H groups in total. The van der Waals surface area contributed by atoms with Gasteiger partial charge in [0.25, 0.3) is 0 Å². The van der Waals surface area contributed by atoms with E-state index in [2.05, 4.69) is 25.5 Å². The number of aromatic nitrogens is 2. The summed E-state index contributed by atoms with van der Waals surface area (Å²) in [5, 5.41) is 6.46. The lowest BCUT2D eigenvalue weighted by atomic mass is 10.2. The lowest BCUT2D eigenvalue weighted by Gasteiger charge is -2.35. The van der Waals surface area contributed by atoms with E-state index < -0.39 is 0 Å². The third-order valence-electron chi connectivity index (χ3n) is 4.07. The van der Waals surface area contributed by atoms with Crippen LogP contribution in [0, 0.1) is 0 Å². The van der Waals surface area contributed by atoms with Crippen molar-refractivity contribution >= 4 is 17.6 Å². The van der Waals surface area contributed by atoms with Gasteiger partial charge in [0.2, 0.25) is 5.95 Å². The normalized spacial score (nSPS) is 25.6. The van der Waals surface area contributed by atoms with E-state index in [9.17, 15) is 0 Å². The summed E-state index contributed by atoms with van der Waals surface area (Å²) in [5.41, 5.74) is 5.73. The molecule has 2 fully saturated rings. The number of fused-ring (bicyclic) bond motifs is 1. The summed E-state index contributed by atoms with van der Waals surface area (Å²) in [6.45, 7) is 6.62. The van der Waals surface area contributed by atoms with Gasteiger partial charge in [-0.3, -0.25) is 4.90 Å². The van der Waals surface area contributed by atoms with Gasteiger partial charge in [0.15, 0.2) is 0 Å². The van der Waals surface area contributed by atoms with E-state index in [1.807, 2.05) is 13.0 Å². The highest BCUT2D eigenvalue weighted by molar-refractivity contribution is 5.50. The number of nitrogens with two attached hydrogens (primary N) is 1. The summed E-state index contributed by atoms with van der Waals surface area (Å²) >= 11 is 0. The van der Waals surface area contributed by atoms with E-state index in [0.717, 1.165) is 37.9 Å². The lowest BCUT2D eigenvalue weighted by Crippen LogP contribution is -2.48. The van der Waals surface area contributed by atoms with Crippen LogP contribution in [0.25, 0.3) is 0 Å². The first kappa shape index (κ1) is 14.3. The fourth-order valence-corrected chi connectivity index (χ4v) is 3.06. The number of morpholine rings is 1. The molecule has 0 bridgehead atoms. The van der Waals surface area contributed by atoms with Crippen LogP contribution in [-0.2, 0) is 4.74 Å². The molecule has 0 aromatic carbocycles. The first-order valence-corrected chi connectivity index (χ1v) is 7.72. The number of anilines is 3. The first-order valence-electron chi connectivity index (χ1n) is 7.72. The summed E-state index contributed by atoms with van der Waals surface area (Å²) in [6.07, 6.45) is 2.77. The topological polar surface area (TPSA) is 88.3 Å². The highest BCUT2D eigenvalue weighted by Crippen LogP contribution is 2.22. The first-order chi connectivity index (χ1) is 10.2. The van der Waals surface area contributed by atoms with Crippen LogP contribution in [0.4, 0.5) is 17.6 Å². The van der Waals surface area contributed by atoms with Gasteiger partial charge in [-0.25, -0.2) is 0 Å². The second-order valence-electron chi connectivity index (χ2n) is 5.65. The van der Waals surface area contributed by atoms with E-state index in [4.69, 9.17) is 10.5 Å². The van der Waals surface area contributed by atoms with Crippen molar-refractivity contribution in [2.45, 2.75) is 31.9 Å². The average Bonchev–Trinajstić information content (AvgIpc) is 2.92. The molecule has 0 spiro atoms. The third kappa shape index (κ3) is 3.54. The smallest absolute Gasteiger partial charge is 0.223 e. The van der Waals surface area contributed by atoms with E-state index >= 15 is 0 Å². The molecule has 7 nitrogen and oxygen atoms in total. The number of nitrogens with zero attached hydrogens (tertiary/aromatic N) is 3. The van der Waals surface area contributed by atoms with E-state index in [1.165, 1.54) is 19.4 Å². The molecule has 3 heterocycles. The SMILES string of the molecule is CCNc1cc(NCC2CN3CCCC3CO2)nc(N)n1. The average molecular weight is 292 g/mol. The minimum absolute atomic E-state index is 0.207. The van der Waals surface area contributed by atoms with Gasteiger partial charge in [0, 0.05) is 31.7 Å². The van der Waals surface area contributed by atoms with Crippen molar-refractivity contribution in [3.63, 3.8) is 0 Å². The minimum atomic E-state index is 0.207. The number of ether oxygens (including phenoxy) is 1. The molecule has 1 aromatic heterocycles. The van der Waals surface area contributed by atoms with Crippen LogP contribution in [0.3, 0.4) is 0 Å². The predicted molar refractivity (Wildman–Crippen MR) is 83.4 cm³/mol. The van der Waals surface area contributed by atoms with Crippen LogP contribution >= 0.6 is 0 Å². The Morgan fingerprint density at radius 3 is 3.00 bits per heavy atom. The highest BCUT2D eigenvalue weighted by atomic mass is 16.5. The molecule has 0 radical (unpaired) electrons. The third-order valence-corrected chi connectivity index (χ3v) is 4.07. The van der Waals surface area contributed by atoms with Gasteiger partial charge in [-0.15, -0.1) is 0 Å². The molecular weight excluding hydrogens is 268 g/mol. The molecule has 3 rings (SSSR count). The van der Waals surface area contributed by atoms with Gasteiger partial charge >= 0.3 is 0 Å². The Morgan fingerprint density at radius 1 is 1.38 bits per heavy atom. The summed E-state index contributed by atoms with van der Waals surface area (Å²) in [4.78, 5) is 10.9. The minimum Gasteiger partial charge on any atom is -0.373 e. The van der Waals surface area contributed by atoms with Crippen LogP contribution in [-0.4, -0.2) is 59.8 Å². The molecule has 7 heteroatoms. The summed E-state index contributed by atoms with van der Waals surface area (Å²) in [6, 6.07) is 2.51. The number of rotatable bonds is 5. The maximum atomic E-state index is 5.93. The molecule has 2 saturated heterocycles. The summed E-state index contributed by atoms with van der Waals surface area (Å²) < 4.78 is 5.93. The van der Waals surface area contributed by atoms with Gasteiger partial charge < -0.3 is 21.1 Å². The zero-order valence-corrected chi connectivity index (χ0v) is 12.5. The van der Waals surface area contributed by atoms with Gasteiger partial charge in [-0.05, 0) is 26.3 Å². The molecule has 0 saturated carbocycles. The molecule has 0 amide bonds. The Bertz CT molecular complexity index is 483. The number of hydrogen-bond acceptors (Lipinski definition) is 7. The molecule has 21 heavy (non-hydrogen) atoms. The zero-order valence-electron chi connectivity index (χ0n) is 12.5. The lowest BCUT2D eigenvalue weighted by molar-refractivity contribution is -0.0416. The maximum Gasteiger partial charge on any atom is 0.223 e. The molecule has 2 atom stereocenters. The molecule has 1 aromatic rings. The fourth-order valence-electron chi connectivity index (χ4n) is 3.06. The van der Waals surface area contributed by atoms with Crippen LogP contribution in [0.5, 0.6) is 0 Å². The van der Waals surface area contributed by atoms with Crippen LogP contribution in [0.1, 0.15) is 19.8 Å². The largest absolute Gasteiger partial charge is 0.373 e. The van der Waals surface area contributed by atoms with Gasteiger partial charge in [0.05, 0.1) is 12.7 Å². The van der Waals surface area contributed by atoms with E-state index in [-0.39, 0.29) is 12.1 Å². The molecule has 2 unspecified atom stereocenters. The second kappa shape index (κ2) is 6.44. The second-order valence-corrected chi connectivity index (χ2v) is 5.65. The van der Waals surface area contributed by atoms with Crippen LogP contribution < -0.4 is 16.4 Å². The molecule has 116 valence electrons. The fraction of sp³-hybridized carbons (Fsp3) is 0.714. The molecule has 2 aliphatic heterocycles. The van der Waals surface area contributed by atoms with Crippen molar-refractivity contribution in [3.05, 3.63) is 6.07 Å². The van der Waals surface area contributed by atoms with Crippen LogP contribution in [0.15, 0.2) is 6.07 Å². The van der Waals surface area contributed by atoms with Crippen molar-refractivity contribution < 1.29 is 4.74 Å². The quantitative estimate of drug-likeness (QED) is 0.738. The molecule has 0 aliphatic carbocycles. The monoisotopic (exact) mass is 292 g/mol. The van der Waals surface area contributed by atoms with E-state index in [1.54, 1.807) is 0 Å². The molecule has 2 aliphatic rings.